The lowest BCUT2D eigenvalue weighted by Gasteiger charge is -2.17. The monoisotopic (exact) mass is 214 g/mol. The van der Waals surface area contributed by atoms with Crippen LogP contribution in [0.4, 0.5) is 0 Å². The minimum absolute atomic E-state index is 0.455. The molecule has 0 aromatic heterocycles. The Balaban J connectivity index is 2.88. The van der Waals surface area contributed by atoms with Crippen LogP contribution in [-0.2, 0) is 11.8 Å². The second kappa shape index (κ2) is 4.36. The molecule has 1 nitrogen and oxygen atoms in total. The van der Waals surface area contributed by atoms with Gasteiger partial charge in [0.25, 0.3) is 0 Å². The third kappa shape index (κ3) is 3.22. The maximum absolute atomic E-state index is 10.1. The van der Waals surface area contributed by atoms with Gasteiger partial charge in [-0.3, -0.25) is 0 Å². The van der Waals surface area contributed by atoms with Gasteiger partial charge >= 0.3 is 0 Å². The molecule has 1 N–H and O–H groups in total. The van der Waals surface area contributed by atoms with Crippen LogP contribution >= 0.6 is 6.26 Å². The normalized spacial score (nSPS) is 15.7. The van der Waals surface area contributed by atoms with E-state index in [1.807, 2.05) is 30.3 Å². The van der Waals surface area contributed by atoms with Crippen LogP contribution in [-0.4, -0.2) is 11.1 Å². The van der Waals surface area contributed by atoms with E-state index in [1.54, 1.807) is 0 Å². The third-order valence-electron chi connectivity index (χ3n) is 1.77. The minimum Gasteiger partial charge on any atom is -0.361 e. The summed E-state index contributed by atoms with van der Waals surface area (Å²) in [5.41, 5.74) is 0. The quantitative estimate of drug-likeness (QED) is 0.779. The van der Waals surface area contributed by atoms with E-state index in [9.17, 15) is 4.89 Å². The van der Waals surface area contributed by atoms with Gasteiger partial charge < -0.3 is 4.89 Å². The van der Waals surface area contributed by atoms with Crippen molar-refractivity contribution in [2.24, 2.45) is 5.92 Å². The zero-order valence-corrected chi connectivity index (χ0v) is 9.68. The summed E-state index contributed by atoms with van der Waals surface area (Å²) in [4.78, 5) is 10.1. The Morgan fingerprint density at radius 2 is 1.85 bits per heavy atom. The SMILES string of the molecule is CC(C)CP(O)(=S)c1ccccc1. The lowest BCUT2D eigenvalue weighted by molar-refractivity contribution is 0.611. The topological polar surface area (TPSA) is 20.2 Å². The van der Waals surface area contributed by atoms with Gasteiger partial charge in [-0.25, -0.2) is 0 Å². The molecule has 0 bridgehead atoms. The van der Waals surface area contributed by atoms with Gasteiger partial charge in [-0.15, -0.1) is 0 Å². The second-order valence-corrected chi connectivity index (χ2v) is 7.71. The van der Waals surface area contributed by atoms with Crippen molar-refractivity contribution in [2.45, 2.75) is 13.8 Å². The van der Waals surface area contributed by atoms with E-state index in [1.165, 1.54) is 0 Å². The first-order valence-electron chi connectivity index (χ1n) is 4.40. The van der Waals surface area contributed by atoms with E-state index in [-0.39, 0.29) is 0 Å². The molecule has 0 amide bonds. The largest absolute Gasteiger partial charge is 0.361 e. The Kier molecular flexibility index (Phi) is 3.66. The lowest BCUT2D eigenvalue weighted by Crippen LogP contribution is -2.09. The molecule has 0 aliphatic rings. The highest BCUT2D eigenvalue weighted by atomic mass is 32.4. The van der Waals surface area contributed by atoms with Crippen molar-refractivity contribution in [1.82, 2.24) is 0 Å². The Morgan fingerprint density at radius 3 is 2.31 bits per heavy atom. The molecule has 13 heavy (non-hydrogen) atoms. The van der Waals surface area contributed by atoms with Gasteiger partial charge in [0.1, 0.15) is 0 Å². The number of benzene rings is 1. The van der Waals surface area contributed by atoms with Gasteiger partial charge in [0.2, 0.25) is 0 Å². The van der Waals surface area contributed by atoms with E-state index in [0.29, 0.717) is 5.92 Å². The highest BCUT2D eigenvalue weighted by Crippen LogP contribution is 2.41. The van der Waals surface area contributed by atoms with Crippen molar-refractivity contribution in [1.29, 1.82) is 0 Å². The molecule has 0 heterocycles. The molecule has 0 saturated heterocycles. The van der Waals surface area contributed by atoms with E-state index >= 15 is 0 Å². The maximum Gasteiger partial charge on any atom is 0.0916 e. The number of hydrogen-bond donors (Lipinski definition) is 1. The van der Waals surface area contributed by atoms with Crippen LogP contribution in [0.1, 0.15) is 13.8 Å². The van der Waals surface area contributed by atoms with E-state index in [2.05, 4.69) is 13.8 Å². The Labute approximate surface area is 84.9 Å². The average molecular weight is 214 g/mol. The van der Waals surface area contributed by atoms with Crippen LogP contribution in [0.5, 0.6) is 0 Å². The van der Waals surface area contributed by atoms with Crippen molar-refractivity contribution in [2.75, 3.05) is 6.16 Å². The van der Waals surface area contributed by atoms with Crippen LogP contribution in [0, 0.1) is 5.92 Å². The van der Waals surface area contributed by atoms with Gasteiger partial charge in [0.15, 0.2) is 0 Å². The van der Waals surface area contributed by atoms with E-state index in [4.69, 9.17) is 11.8 Å². The molecule has 3 heteroatoms. The third-order valence-corrected chi connectivity index (χ3v) is 5.18. The molecule has 0 aliphatic carbocycles. The molecule has 0 saturated carbocycles. The summed E-state index contributed by atoms with van der Waals surface area (Å²) in [7, 11) is 0. The summed E-state index contributed by atoms with van der Waals surface area (Å²) < 4.78 is 0. The summed E-state index contributed by atoms with van der Waals surface area (Å²) in [5, 5.41) is 0.929. The van der Waals surface area contributed by atoms with Crippen molar-refractivity contribution in [3.63, 3.8) is 0 Å². The molecular weight excluding hydrogens is 199 g/mol. The summed E-state index contributed by atoms with van der Waals surface area (Å²) >= 11 is 5.25. The van der Waals surface area contributed by atoms with Gasteiger partial charge in [0, 0.05) is 11.5 Å². The predicted molar refractivity (Wildman–Crippen MR) is 62.3 cm³/mol. The first-order valence-corrected chi connectivity index (χ1v) is 7.34. The van der Waals surface area contributed by atoms with Crippen LogP contribution in [0.15, 0.2) is 30.3 Å². The van der Waals surface area contributed by atoms with Crippen molar-refractivity contribution in [3.8, 4) is 0 Å². The highest BCUT2D eigenvalue weighted by molar-refractivity contribution is 8.15. The number of rotatable bonds is 3. The predicted octanol–water partition coefficient (Wildman–Crippen LogP) is 2.35. The summed E-state index contributed by atoms with van der Waals surface area (Å²) in [6.07, 6.45) is -1.54. The maximum atomic E-state index is 10.1. The van der Waals surface area contributed by atoms with Crippen LogP contribution < -0.4 is 5.30 Å². The lowest BCUT2D eigenvalue weighted by atomic mass is 10.3. The molecule has 0 radical (unpaired) electrons. The van der Waals surface area contributed by atoms with Gasteiger partial charge in [-0.1, -0.05) is 56.0 Å². The molecule has 1 aromatic rings. The number of hydrogen-bond acceptors (Lipinski definition) is 1. The van der Waals surface area contributed by atoms with Crippen LogP contribution in [0.25, 0.3) is 0 Å². The van der Waals surface area contributed by atoms with Crippen LogP contribution in [0.3, 0.4) is 0 Å². The second-order valence-electron chi connectivity index (χ2n) is 3.61. The fourth-order valence-corrected chi connectivity index (χ4v) is 4.36. The molecule has 0 aliphatic heterocycles. The molecule has 0 fully saturated rings. The minimum atomic E-state index is -2.27. The molecule has 0 spiro atoms. The summed E-state index contributed by atoms with van der Waals surface area (Å²) in [6, 6.07) is 9.63. The standard InChI is InChI=1S/C10H15OPS/c1-9(2)8-12(11,13)10-6-4-3-5-7-10/h3-7,9H,8H2,1-2H3,(H,11,13). The fourth-order valence-electron chi connectivity index (χ4n) is 1.26. The molecular formula is C10H15OPS. The van der Waals surface area contributed by atoms with Gasteiger partial charge in [0.05, 0.1) is 6.26 Å². The van der Waals surface area contributed by atoms with E-state index < -0.39 is 6.26 Å². The van der Waals surface area contributed by atoms with Crippen molar-refractivity contribution in [3.05, 3.63) is 30.3 Å². The Bertz CT molecular complexity index is 308. The Morgan fingerprint density at radius 1 is 1.31 bits per heavy atom. The molecule has 1 atom stereocenters. The highest BCUT2D eigenvalue weighted by Gasteiger charge is 2.16. The summed E-state index contributed by atoms with van der Waals surface area (Å²) in [5.74, 6) is 0.455. The summed E-state index contributed by atoms with van der Waals surface area (Å²) in [6.45, 7) is 4.17. The van der Waals surface area contributed by atoms with Gasteiger partial charge in [-0.05, 0) is 5.92 Å². The molecule has 1 aromatic carbocycles. The molecule has 1 unspecified atom stereocenters. The van der Waals surface area contributed by atoms with Crippen LogP contribution in [0.2, 0.25) is 0 Å². The van der Waals surface area contributed by atoms with Crippen molar-refractivity contribution < 1.29 is 4.89 Å². The van der Waals surface area contributed by atoms with Crippen molar-refractivity contribution >= 4 is 23.4 Å². The first kappa shape index (κ1) is 10.9. The molecule has 72 valence electrons. The fraction of sp³-hybridized carbons (Fsp3) is 0.400. The zero-order valence-electron chi connectivity index (χ0n) is 7.97. The zero-order chi connectivity index (χ0) is 9.90. The van der Waals surface area contributed by atoms with Gasteiger partial charge in [-0.2, -0.15) is 0 Å². The smallest absolute Gasteiger partial charge is 0.0916 e. The Hall–Kier alpha value is -0.170. The van der Waals surface area contributed by atoms with E-state index in [0.717, 1.165) is 11.5 Å². The molecule has 1 rings (SSSR count). The average Bonchev–Trinajstić information content (AvgIpc) is 2.04. The first-order chi connectivity index (χ1) is 6.02.